The van der Waals surface area contributed by atoms with Crippen molar-refractivity contribution in [3.8, 4) is 0 Å². The predicted octanol–water partition coefficient (Wildman–Crippen LogP) is 4.46. The molecule has 1 unspecified atom stereocenters. The first-order chi connectivity index (χ1) is 14.8. The minimum Gasteiger partial charge on any atom is -0.480 e. The van der Waals surface area contributed by atoms with Crippen LogP contribution in [0.2, 0.25) is 0 Å². The second kappa shape index (κ2) is 13.0. The average Bonchev–Trinajstić information content (AvgIpc) is 2.76. The molecule has 7 nitrogen and oxygen atoms in total. The van der Waals surface area contributed by atoms with E-state index in [0.29, 0.717) is 12.6 Å². The Labute approximate surface area is 186 Å². The molecule has 0 bridgehead atoms. The topological polar surface area (TPSA) is 95.9 Å². The van der Waals surface area contributed by atoms with Crippen molar-refractivity contribution in [3.63, 3.8) is 0 Å². The zero-order valence-corrected chi connectivity index (χ0v) is 19.7. The highest BCUT2D eigenvalue weighted by Crippen LogP contribution is 2.44. The molecule has 1 aromatic rings. The van der Waals surface area contributed by atoms with Gasteiger partial charge in [-0.2, -0.15) is 0 Å². The minimum atomic E-state index is -3.21. The first kappa shape index (κ1) is 25.6. The molecule has 2 N–H and O–H groups in total. The maximum Gasteiger partial charge on any atom is 0.323 e. The number of amides is 1. The zero-order chi connectivity index (χ0) is 22.7. The van der Waals surface area contributed by atoms with Gasteiger partial charge in [-0.3, -0.25) is 14.2 Å². The number of carbonyl (C=O) groups is 2. The van der Waals surface area contributed by atoms with Crippen LogP contribution in [0.5, 0.6) is 0 Å². The van der Waals surface area contributed by atoms with Crippen molar-refractivity contribution in [1.29, 1.82) is 0 Å². The van der Waals surface area contributed by atoms with Crippen molar-refractivity contribution in [2.75, 3.05) is 19.3 Å². The molecule has 1 aliphatic rings. The van der Waals surface area contributed by atoms with E-state index in [4.69, 9.17) is 4.52 Å². The van der Waals surface area contributed by atoms with Crippen molar-refractivity contribution < 1.29 is 23.8 Å². The first-order valence-electron chi connectivity index (χ1n) is 11.4. The molecule has 1 aliphatic carbocycles. The maximum absolute atomic E-state index is 13.3. The van der Waals surface area contributed by atoms with Gasteiger partial charge in [0, 0.05) is 12.2 Å². The van der Waals surface area contributed by atoms with Gasteiger partial charge in [-0.1, -0.05) is 49.6 Å². The number of nitrogens with one attached hydrogen (secondary N) is 1. The van der Waals surface area contributed by atoms with Crippen molar-refractivity contribution in [1.82, 2.24) is 9.99 Å². The summed E-state index contributed by atoms with van der Waals surface area (Å²) in [5.74, 6) is -1.35. The fraction of sp³-hybridized carbons (Fsp3) is 0.652. The Hall–Kier alpha value is -1.69. The van der Waals surface area contributed by atoms with Crippen LogP contribution in [0.4, 0.5) is 0 Å². The summed E-state index contributed by atoms with van der Waals surface area (Å²) >= 11 is 0. The molecule has 0 heterocycles. The summed E-state index contributed by atoms with van der Waals surface area (Å²) in [6, 6.07) is 9.30. The number of aryl methyl sites for hydroxylation is 1. The normalized spacial score (nSPS) is 17.6. The number of aliphatic carboxylic acids is 1. The van der Waals surface area contributed by atoms with E-state index in [2.05, 4.69) is 17.2 Å². The van der Waals surface area contributed by atoms with Gasteiger partial charge < -0.3 is 14.5 Å². The summed E-state index contributed by atoms with van der Waals surface area (Å²) in [7, 11) is -3.21. The standard InChI is InChI=1S/C23H37N2O5P/c1-3-30-31(29,17-11-10-14-20-12-6-4-7-13-20)24-19(2)23(28)25(18-22(26)27)21-15-8-5-9-16-21/h4,6-7,12-13,19,21H,3,5,8-11,14-18H2,1-2H3,(H,24,29)(H,26,27)/t19-,31?/m0/s1. The number of hydrogen-bond donors (Lipinski definition) is 2. The van der Waals surface area contributed by atoms with Crippen molar-refractivity contribution >= 4 is 19.4 Å². The average molecular weight is 453 g/mol. The van der Waals surface area contributed by atoms with E-state index in [0.717, 1.165) is 44.9 Å². The molecule has 1 fully saturated rings. The van der Waals surface area contributed by atoms with Crippen LogP contribution in [0.1, 0.15) is 64.4 Å². The monoisotopic (exact) mass is 452 g/mol. The van der Waals surface area contributed by atoms with Gasteiger partial charge in [0.1, 0.15) is 6.54 Å². The number of rotatable bonds is 13. The molecule has 31 heavy (non-hydrogen) atoms. The maximum atomic E-state index is 13.3. The smallest absolute Gasteiger partial charge is 0.323 e. The number of unbranched alkanes of at least 4 members (excludes halogenated alkanes) is 1. The Bertz CT molecular complexity index is 737. The number of carboxylic acids is 1. The number of hydrogen-bond acceptors (Lipinski definition) is 4. The highest BCUT2D eigenvalue weighted by Gasteiger charge is 2.34. The number of carboxylic acid groups (broad SMARTS) is 1. The fourth-order valence-corrected chi connectivity index (χ4v) is 6.28. The number of carbonyl (C=O) groups excluding carboxylic acids is 1. The third-order valence-electron chi connectivity index (χ3n) is 5.71. The molecular formula is C23H37N2O5P. The molecule has 0 aromatic heterocycles. The van der Waals surface area contributed by atoms with Gasteiger partial charge in [-0.05, 0) is 51.5 Å². The van der Waals surface area contributed by atoms with E-state index in [1.54, 1.807) is 13.8 Å². The molecular weight excluding hydrogens is 415 g/mol. The second-order valence-electron chi connectivity index (χ2n) is 8.26. The molecule has 2 atom stereocenters. The van der Waals surface area contributed by atoms with Gasteiger partial charge >= 0.3 is 5.97 Å². The van der Waals surface area contributed by atoms with Gasteiger partial charge in [0.25, 0.3) is 7.52 Å². The summed E-state index contributed by atoms with van der Waals surface area (Å²) in [6.07, 6.45) is 7.55. The quantitative estimate of drug-likeness (QED) is 0.339. The van der Waals surface area contributed by atoms with Gasteiger partial charge in [0.15, 0.2) is 0 Å². The Balaban J connectivity index is 1.95. The lowest BCUT2D eigenvalue weighted by Crippen LogP contribution is -2.51. The Kier molecular flexibility index (Phi) is 10.7. The summed E-state index contributed by atoms with van der Waals surface area (Å²) < 4.78 is 18.9. The fourth-order valence-electron chi connectivity index (χ4n) is 4.19. The SMILES string of the molecule is CCOP(=O)(CCCCc1ccccc1)N[C@@H](C)C(=O)N(CC(=O)O)C1CCCCC1. The van der Waals surface area contributed by atoms with E-state index in [-0.39, 0.29) is 25.1 Å². The Morgan fingerprint density at radius 2 is 1.87 bits per heavy atom. The molecule has 0 saturated heterocycles. The van der Waals surface area contributed by atoms with Crippen molar-refractivity contribution in [3.05, 3.63) is 35.9 Å². The van der Waals surface area contributed by atoms with E-state index >= 15 is 0 Å². The lowest BCUT2D eigenvalue weighted by Gasteiger charge is -2.35. The van der Waals surface area contributed by atoms with E-state index < -0.39 is 19.5 Å². The van der Waals surface area contributed by atoms with Gasteiger partial charge in [-0.15, -0.1) is 0 Å². The molecule has 1 saturated carbocycles. The minimum absolute atomic E-state index is 0.0704. The van der Waals surface area contributed by atoms with Crippen LogP contribution in [0.15, 0.2) is 30.3 Å². The summed E-state index contributed by atoms with van der Waals surface area (Å²) in [5.41, 5.74) is 1.24. The summed E-state index contributed by atoms with van der Waals surface area (Å²) in [4.78, 5) is 25.9. The Morgan fingerprint density at radius 3 is 2.48 bits per heavy atom. The van der Waals surface area contributed by atoms with Gasteiger partial charge in [-0.25, -0.2) is 5.09 Å². The molecule has 8 heteroatoms. The Morgan fingerprint density at radius 1 is 1.19 bits per heavy atom. The third kappa shape index (κ3) is 8.76. The molecule has 0 spiro atoms. The number of benzene rings is 1. The van der Waals surface area contributed by atoms with E-state index in [1.807, 2.05) is 18.2 Å². The van der Waals surface area contributed by atoms with Crippen LogP contribution in [-0.4, -0.2) is 53.3 Å². The van der Waals surface area contributed by atoms with E-state index in [9.17, 15) is 19.3 Å². The summed E-state index contributed by atoms with van der Waals surface area (Å²) in [6.45, 7) is 3.38. The second-order valence-corrected chi connectivity index (χ2v) is 10.6. The summed E-state index contributed by atoms with van der Waals surface area (Å²) in [5, 5.41) is 12.2. The van der Waals surface area contributed by atoms with Crippen molar-refractivity contribution in [2.24, 2.45) is 0 Å². The molecule has 0 aliphatic heterocycles. The van der Waals surface area contributed by atoms with Crippen molar-refractivity contribution in [2.45, 2.75) is 77.3 Å². The predicted molar refractivity (Wildman–Crippen MR) is 122 cm³/mol. The van der Waals surface area contributed by atoms with Crippen LogP contribution in [-0.2, 0) is 25.1 Å². The molecule has 174 valence electrons. The van der Waals surface area contributed by atoms with Crippen LogP contribution < -0.4 is 5.09 Å². The van der Waals surface area contributed by atoms with Gasteiger partial charge in [0.2, 0.25) is 5.91 Å². The largest absolute Gasteiger partial charge is 0.480 e. The van der Waals surface area contributed by atoms with Crippen LogP contribution in [0, 0.1) is 0 Å². The molecule has 1 aromatic carbocycles. The lowest BCUT2D eigenvalue weighted by atomic mass is 9.94. The third-order valence-corrected chi connectivity index (χ3v) is 8.07. The molecule has 2 rings (SSSR count). The molecule has 1 amide bonds. The van der Waals surface area contributed by atoms with E-state index in [1.165, 1.54) is 10.5 Å². The molecule has 0 radical (unpaired) electrons. The van der Waals surface area contributed by atoms with Crippen LogP contribution in [0.3, 0.4) is 0 Å². The first-order valence-corrected chi connectivity index (χ1v) is 13.2. The highest BCUT2D eigenvalue weighted by atomic mass is 31.2. The zero-order valence-electron chi connectivity index (χ0n) is 18.8. The lowest BCUT2D eigenvalue weighted by molar-refractivity contribution is -0.147. The van der Waals surface area contributed by atoms with Gasteiger partial charge in [0.05, 0.1) is 12.6 Å². The number of nitrogens with zero attached hydrogens (tertiary/aromatic N) is 1. The van der Waals surface area contributed by atoms with Crippen LogP contribution >= 0.6 is 7.52 Å². The van der Waals surface area contributed by atoms with Crippen LogP contribution in [0.25, 0.3) is 0 Å². The highest BCUT2D eigenvalue weighted by molar-refractivity contribution is 7.56.